The Morgan fingerprint density at radius 1 is 1.35 bits per heavy atom. The van der Waals surface area contributed by atoms with E-state index in [1.165, 1.54) is 6.20 Å². The van der Waals surface area contributed by atoms with Gasteiger partial charge in [-0.1, -0.05) is 13.8 Å². The van der Waals surface area contributed by atoms with Gasteiger partial charge >= 0.3 is 0 Å². The molecule has 94 valence electrons. The smallest absolute Gasteiger partial charge is 0.147 e. The topological polar surface area (TPSA) is 78.9 Å². The van der Waals surface area contributed by atoms with Crippen molar-refractivity contribution >= 4 is 11.7 Å². The van der Waals surface area contributed by atoms with Crippen LogP contribution in [-0.2, 0) is 0 Å². The second kappa shape index (κ2) is 5.61. The van der Waals surface area contributed by atoms with Crippen LogP contribution in [0.2, 0.25) is 0 Å². The van der Waals surface area contributed by atoms with Crippen LogP contribution in [0.1, 0.15) is 32.9 Å². The third kappa shape index (κ3) is 3.69. The van der Waals surface area contributed by atoms with Crippen molar-refractivity contribution in [1.82, 2.24) is 9.97 Å². The molecule has 1 atom stereocenters. The zero-order valence-corrected chi connectivity index (χ0v) is 10.9. The summed E-state index contributed by atoms with van der Waals surface area (Å²) in [5.74, 6) is 1.40. The molecule has 0 aliphatic rings. The van der Waals surface area contributed by atoms with Crippen molar-refractivity contribution in [2.45, 2.75) is 33.2 Å². The summed E-state index contributed by atoms with van der Waals surface area (Å²) in [4.78, 5) is 10.5. The lowest BCUT2D eigenvalue weighted by Crippen LogP contribution is -2.31. The first-order valence-electron chi connectivity index (χ1n) is 5.81. The Kier molecular flexibility index (Phi) is 4.43. The predicted molar refractivity (Wildman–Crippen MR) is 70.4 cm³/mol. The summed E-state index contributed by atoms with van der Waals surface area (Å²) in [6, 6.07) is 0.410. The van der Waals surface area contributed by atoms with Gasteiger partial charge < -0.3 is 10.6 Å². The zero-order chi connectivity index (χ0) is 13.0. The molecule has 0 radical (unpaired) electrons. The molecule has 0 aliphatic heterocycles. The maximum Gasteiger partial charge on any atom is 0.147 e. The highest BCUT2D eigenvalue weighted by atomic mass is 15.2. The molecule has 1 aromatic heterocycles. The van der Waals surface area contributed by atoms with Gasteiger partial charge in [0.1, 0.15) is 17.3 Å². The van der Waals surface area contributed by atoms with E-state index in [9.17, 15) is 0 Å². The molecule has 0 amide bonds. The lowest BCUT2D eigenvalue weighted by atomic mass is 10.0. The normalized spacial score (nSPS) is 12.5. The quantitative estimate of drug-likeness (QED) is 0.600. The number of hydrogen-bond acceptors (Lipinski definition) is 4. The lowest BCUT2D eigenvalue weighted by Gasteiger charge is -2.27. The van der Waals surface area contributed by atoms with Crippen LogP contribution in [0.3, 0.4) is 0 Å². The molecule has 0 saturated carbocycles. The van der Waals surface area contributed by atoms with Gasteiger partial charge in [0.15, 0.2) is 0 Å². The minimum Gasteiger partial charge on any atom is -0.382 e. The molecule has 1 aromatic rings. The van der Waals surface area contributed by atoms with E-state index in [-0.39, 0.29) is 5.84 Å². The predicted octanol–water partition coefficient (Wildman–Crippen LogP) is 1.63. The number of amidine groups is 1. The Labute approximate surface area is 103 Å². The summed E-state index contributed by atoms with van der Waals surface area (Å²) < 4.78 is 0. The molecule has 0 fully saturated rings. The summed E-state index contributed by atoms with van der Waals surface area (Å²) in [5, 5.41) is 7.25. The first kappa shape index (κ1) is 13.4. The van der Waals surface area contributed by atoms with Gasteiger partial charge in [-0.15, -0.1) is 0 Å². The highest BCUT2D eigenvalue weighted by Crippen LogP contribution is 2.15. The van der Waals surface area contributed by atoms with Crippen molar-refractivity contribution in [3.63, 3.8) is 0 Å². The third-order valence-corrected chi connectivity index (χ3v) is 2.75. The highest BCUT2D eigenvalue weighted by molar-refractivity contribution is 5.92. The van der Waals surface area contributed by atoms with Gasteiger partial charge in [0.05, 0.1) is 12.4 Å². The SMILES string of the molecule is CC(C)CC(C)N(C)c1cnc(C(=N)N)cn1. The van der Waals surface area contributed by atoms with Gasteiger partial charge in [0.25, 0.3) is 0 Å². The molecule has 0 aromatic carbocycles. The van der Waals surface area contributed by atoms with Crippen molar-refractivity contribution in [2.24, 2.45) is 11.7 Å². The monoisotopic (exact) mass is 235 g/mol. The first-order chi connectivity index (χ1) is 7.91. The minimum absolute atomic E-state index is 0.0538. The van der Waals surface area contributed by atoms with E-state index in [4.69, 9.17) is 11.1 Å². The molecule has 3 N–H and O–H groups in total. The van der Waals surface area contributed by atoms with Gasteiger partial charge in [-0.05, 0) is 19.3 Å². The van der Waals surface area contributed by atoms with E-state index in [1.54, 1.807) is 6.20 Å². The van der Waals surface area contributed by atoms with Crippen LogP contribution in [0.15, 0.2) is 12.4 Å². The molecule has 1 heterocycles. The van der Waals surface area contributed by atoms with Crippen molar-refractivity contribution in [1.29, 1.82) is 5.41 Å². The second-order valence-electron chi connectivity index (χ2n) is 4.76. The summed E-state index contributed by atoms with van der Waals surface area (Å²) in [6.45, 7) is 6.57. The Balaban J connectivity index is 2.75. The van der Waals surface area contributed by atoms with Crippen molar-refractivity contribution < 1.29 is 0 Å². The van der Waals surface area contributed by atoms with E-state index < -0.39 is 0 Å². The second-order valence-corrected chi connectivity index (χ2v) is 4.76. The van der Waals surface area contributed by atoms with Crippen molar-refractivity contribution in [3.8, 4) is 0 Å². The van der Waals surface area contributed by atoms with Gasteiger partial charge in [0, 0.05) is 13.1 Å². The Bertz CT molecular complexity index is 371. The van der Waals surface area contributed by atoms with Gasteiger partial charge in [-0.3, -0.25) is 5.41 Å². The molecule has 1 unspecified atom stereocenters. The van der Waals surface area contributed by atoms with Crippen LogP contribution in [0, 0.1) is 11.3 Å². The zero-order valence-electron chi connectivity index (χ0n) is 10.9. The molecule has 1 rings (SSSR count). The Morgan fingerprint density at radius 3 is 2.41 bits per heavy atom. The van der Waals surface area contributed by atoms with Gasteiger partial charge in [-0.2, -0.15) is 0 Å². The fourth-order valence-electron chi connectivity index (χ4n) is 1.71. The van der Waals surface area contributed by atoms with Crippen molar-refractivity contribution in [2.75, 3.05) is 11.9 Å². The Hall–Kier alpha value is -1.65. The fraction of sp³-hybridized carbons (Fsp3) is 0.583. The maximum absolute atomic E-state index is 7.25. The third-order valence-electron chi connectivity index (χ3n) is 2.75. The van der Waals surface area contributed by atoms with Crippen molar-refractivity contribution in [3.05, 3.63) is 18.1 Å². The highest BCUT2D eigenvalue weighted by Gasteiger charge is 2.13. The van der Waals surface area contributed by atoms with E-state index >= 15 is 0 Å². The number of aromatic nitrogens is 2. The number of nitrogen functional groups attached to an aromatic ring is 1. The van der Waals surface area contributed by atoms with Crippen LogP contribution in [0.25, 0.3) is 0 Å². The Morgan fingerprint density at radius 2 is 2.00 bits per heavy atom. The first-order valence-corrected chi connectivity index (χ1v) is 5.81. The number of anilines is 1. The molecule has 0 saturated heterocycles. The molecule has 0 aliphatic carbocycles. The lowest BCUT2D eigenvalue weighted by molar-refractivity contribution is 0.502. The van der Waals surface area contributed by atoms with Crippen LogP contribution in [-0.4, -0.2) is 28.9 Å². The molecule has 0 bridgehead atoms. The summed E-state index contributed by atoms with van der Waals surface area (Å²) >= 11 is 0. The molecule has 0 spiro atoms. The standard InChI is InChI=1S/C12H21N5/c1-8(2)5-9(3)17(4)11-7-15-10(6-16-11)12(13)14/h6-9H,5H2,1-4H3,(H3,13,14). The molecular weight excluding hydrogens is 214 g/mol. The maximum atomic E-state index is 7.25. The number of nitrogens with one attached hydrogen (secondary N) is 1. The van der Waals surface area contributed by atoms with Gasteiger partial charge in [-0.25, -0.2) is 9.97 Å². The van der Waals surface area contributed by atoms with Crippen LogP contribution in [0.4, 0.5) is 5.82 Å². The summed E-state index contributed by atoms with van der Waals surface area (Å²) in [6.07, 6.45) is 4.30. The van der Waals surface area contributed by atoms with Crippen LogP contribution >= 0.6 is 0 Å². The summed E-state index contributed by atoms with van der Waals surface area (Å²) in [5.41, 5.74) is 5.75. The number of rotatable bonds is 5. The van der Waals surface area contributed by atoms with Crippen LogP contribution < -0.4 is 10.6 Å². The van der Waals surface area contributed by atoms with Crippen LogP contribution in [0.5, 0.6) is 0 Å². The van der Waals surface area contributed by atoms with Gasteiger partial charge in [0.2, 0.25) is 0 Å². The number of nitrogens with two attached hydrogens (primary N) is 1. The fourth-order valence-corrected chi connectivity index (χ4v) is 1.71. The average Bonchev–Trinajstić information content (AvgIpc) is 2.27. The number of nitrogens with zero attached hydrogens (tertiary/aromatic N) is 3. The minimum atomic E-state index is -0.0538. The van der Waals surface area contributed by atoms with E-state index in [0.29, 0.717) is 17.7 Å². The van der Waals surface area contributed by atoms with E-state index in [2.05, 4.69) is 35.6 Å². The summed E-state index contributed by atoms with van der Waals surface area (Å²) in [7, 11) is 2.00. The molecular formula is C12H21N5. The van der Waals surface area contributed by atoms with E-state index in [0.717, 1.165) is 12.2 Å². The number of hydrogen-bond donors (Lipinski definition) is 2. The largest absolute Gasteiger partial charge is 0.382 e. The van der Waals surface area contributed by atoms with E-state index in [1.807, 2.05) is 7.05 Å². The molecule has 5 nitrogen and oxygen atoms in total. The molecule has 17 heavy (non-hydrogen) atoms. The molecule has 5 heteroatoms. The average molecular weight is 235 g/mol.